The minimum atomic E-state index is -0.126. The Morgan fingerprint density at radius 1 is 1.31 bits per heavy atom. The maximum Gasteiger partial charge on any atom is 0.125 e. The maximum absolute atomic E-state index is 9.41. The zero-order chi connectivity index (χ0) is 11.9. The van der Waals surface area contributed by atoms with Crippen molar-refractivity contribution in [2.24, 2.45) is 5.41 Å². The van der Waals surface area contributed by atoms with Crippen LogP contribution in [0.5, 0.6) is 5.75 Å². The molecule has 1 unspecified atom stereocenters. The number of aryl methyl sites for hydroxylation is 2. The molecule has 16 heavy (non-hydrogen) atoms. The second-order valence-electron chi connectivity index (χ2n) is 5.38. The Morgan fingerprint density at radius 3 is 2.62 bits per heavy atom. The van der Waals surface area contributed by atoms with E-state index in [0.717, 1.165) is 12.2 Å². The van der Waals surface area contributed by atoms with Gasteiger partial charge in [-0.2, -0.15) is 0 Å². The largest absolute Gasteiger partial charge is 0.492 e. The SMILES string of the molecule is Cc1cc(C)c2c(c1C)OCC(C)(CO)C2. The summed E-state index contributed by atoms with van der Waals surface area (Å²) in [6.45, 7) is 9.21. The van der Waals surface area contributed by atoms with Crippen LogP contribution in [0, 0.1) is 26.2 Å². The summed E-state index contributed by atoms with van der Waals surface area (Å²) in [5, 5.41) is 9.41. The molecule has 1 N–H and O–H groups in total. The van der Waals surface area contributed by atoms with Gasteiger partial charge in [0.05, 0.1) is 13.2 Å². The highest BCUT2D eigenvalue weighted by Gasteiger charge is 2.32. The third-order valence-corrected chi connectivity index (χ3v) is 3.67. The van der Waals surface area contributed by atoms with E-state index in [-0.39, 0.29) is 12.0 Å². The van der Waals surface area contributed by atoms with Gasteiger partial charge in [0.1, 0.15) is 5.75 Å². The van der Waals surface area contributed by atoms with Crippen LogP contribution in [0.3, 0.4) is 0 Å². The quantitative estimate of drug-likeness (QED) is 0.788. The van der Waals surface area contributed by atoms with Crippen molar-refractivity contribution in [1.29, 1.82) is 0 Å². The van der Waals surface area contributed by atoms with Gasteiger partial charge in [-0.05, 0) is 49.4 Å². The molecule has 0 amide bonds. The third-order valence-electron chi connectivity index (χ3n) is 3.67. The van der Waals surface area contributed by atoms with Crippen molar-refractivity contribution in [2.75, 3.05) is 13.2 Å². The van der Waals surface area contributed by atoms with Crippen molar-refractivity contribution < 1.29 is 9.84 Å². The van der Waals surface area contributed by atoms with Crippen LogP contribution in [0.4, 0.5) is 0 Å². The van der Waals surface area contributed by atoms with Gasteiger partial charge < -0.3 is 9.84 Å². The fourth-order valence-corrected chi connectivity index (χ4v) is 2.35. The van der Waals surface area contributed by atoms with E-state index in [9.17, 15) is 5.11 Å². The van der Waals surface area contributed by atoms with Gasteiger partial charge in [0, 0.05) is 5.41 Å². The molecule has 0 spiro atoms. The van der Waals surface area contributed by atoms with Gasteiger partial charge >= 0.3 is 0 Å². The van der Waals surface area contributed by atoms with Gasteiger partial charge in [-0.15, -0.1) is 0 Å². The minimum absolute atomic E-state index is 0.126. The number of aliphatic hydroxyl groups excluding tert-OH is 1. The van der Waals surface area contributed by atoms with Gasteiger partial charge in [0.15, 0.2) is 0 Å². The molecule has 0 saturated carbocycles. The standard InChI is InChI=1S/C14H20O2/c1-9-5-10(2)12-6-14(4,7-15)8-16-13(12)11(9)3/h5,15H,6-8H2,1-4H3. The Kier molecular flexibility index (Phi) is 2.70. The summed E-state index contributed by atoms with van der Waals surface area (Å²) in [6, 6.07) is 2.21. The molecule has 0 radical (unpaired) electrons. The minimum Gasteiger partial charge on any atom is -0.492 e. The lowest BCUT2D eigenvalue weighted by molar-refractivity contribution is 0.0661. The van der Waals surface area contributed by atoms with Crippen molar-refractivity contribution >= 4 is 0 Å². The van der Waals surface area contributed by atoms with E-state index in [1.165, 1.54) is 22.3 Å². The zero-order valence-electron chi connectivity index (χ0n) is 10.6. The number of benzene rings is 1. The van der Waals surface area contributed by atoms with Crippen molar-refractivity contribution in [3.05, 3.63) is 28.3 Å². The van der Waals surface area contributed by atoms with Crippen LogP contribution in [0.2, 0.25) is 0 Å². The van der Waals surface area contributed by atoms with Crippen LogP contribution in [0.25, 0.3) is 0 Å². The molecule has 0 aliphatic carbocycles. The topological polar surface area (TPSA) is 29.5 Å². The average Bonchev–Trinajstić information content (AvgIpc) is 2.26. The van der Waals surface area contributed by atoms with Crippen LogP contribution in [-0.4, -0.2) is 18.3 Å². The Balaban J connectivity index is 2.51. The van der Waals surface area contributed by atoms with E-state index in [1.54, 1.807) is 0 Å². The lowest BCUT2D eigenvalue weighted by atomic mass is 9.80. The molecule has 0 aromatic heterocycles. The Morgan fingerprint density at radius 2 is 2.00 bits per heavy atom. The Labute approximate surface area is 97.3 Å². The predicted molar refractivity (Wildman–Crippen MR) is 65.0 cm³/mol. The van der Waals surface area contributed by atoms with Crippen molar-refractivity contribution in [3.63, 3.8) is 0 Å². The van der Waals surface area contributed by atoms with Crippen LogP contribution < -0.4 is 4.74 Å². The van der Waals surface area contributed by atoms with E-state index in [4.69, 9.17) is 4.74 Å². The summed E-state index contributed by atoms with van der Waals surface area (Å²) in [4.78, 5) is 0. The molecule has 1 aliphatic rings. The lowest BCUT2D eigenvalue weighted by Gasteiger charge is -2.35. The summed E-state index contributed by atoms with van der Waals surface area (Å²) in [5.41, 5.74) is 4.94. The molecule has 2 rings (SSSR count). The Hall–Kier alpha value is -1.02. The predicted octanol–water partition coefficient (Wildman–Crippen LogP) is 2.55. The smallest absolute Gasteiger partial charge is 0.125 e. The molecule has 1 aromatic rings. The summed E-state index contributed by atoms with van der Waals surface area (Å²) in [7, 11) is 0. The summed E-state index contributed by atoms with van der Waals surface area (Å²) in [6.07, 6.45) is 0.909. The first-order valence-corrected chi connectivity index (χ1v) is 5.80. The molecular formula is C14H20O2. The molecule has 88 valence electrons. The normalized spacial score (nSPS) is 23.8. The molecule has 2 heteroatoms. The molecular weight excluding hydrogens is 200 g/mol. The Bertz CT molecular complexity index is 423. The first kappa shape index (κ1) is 11.5. The number of hydrogen-bond acceptors (Lipinski definition) is 2. The second kappa shape index (κ2) is 3.77. The van der Waals surface area contributed by atoms with Gasteiger partial charge in [-0.25, -0.2) is 0 Å². The first-order valence-electron chi connectivity index (χ1n) is 5.80. The van der Waals surface area contributed by atoms with Crippen LogP contribution in [0.1, 0.15) is 29.2 Å². The maximum atomic E-state index is 9.41. The van der Waals surface area contributed by atoms with E-state index in [2.05, 4.69) is 33.8 Å². The molecule has 0 fully saturated rings. The van der Waals surface area contributed by atoms with E-state index < -0.39 is 0 Å². The van der Waals surface area contributed by atoms with Crippen molar-refractivity contribution in [1.82, 2.24) is 0 Å². The fourth-order valence-electron chi connectivity index (χ4n) is 2.35. The molecule has 1 aromatic carbocycles. The number of fused-ring (bicyclic) bond motifs is 1. The number of aliphatic hydroxyl groups is 1. The lowest BCUT2D eigenvalue weighted by Crippen LogP contribution is -2.36. The molecule has 0 bridgehead atoms. The number of ether oxygens (including phenoxy) is 1. The summed E-state index contributed by atoms with van der Waals surface area (Å²) < 4.78 is 5.86. The average molecular weight is 220 g/mol. The molecule has 1 atom stereocenters. The fraction of sp³-hybridized carbons (Fsp3) is 0.571. The third kappa shape index (κ3) is 1.71. The zero-order valence-corrected chi connectivity index (χ0v) is 10.6. The van der Waals surface area contributed by atoms with Crippen LogP contribution in [0.15, 0.2) is 6.07 Å². The monoisotopic (exact) mass is 220 g/mol. The number of rotatable bonds is 1. The van der Waals surface area contributed by atoms with E-state index in [0.29, 0.717) is 6.61 Å². The second-order valence-corrected chi connectivity index (χ2v) is 5.38. The molecule has 2 nitrogen and oxygen atoms in total. The molecule has 1 heterocycles. The summed E-state index contributed by atoms with van der Waals surface area (Å²) >= 11 is 0. The first-order chi connectivity index (χ1) is 7.47. The van der Waals surface area contributed by atoms with Crippen molar-refractivity contribution in [2.45, 2.75) is 34.1 Å². The van der Waals surface area contributed by atoms with E-state index >= 15 is 0 Å². The number of hydrogen-bond donors (Lipinski definition) is 1. The highest BCUT2D eigenvalue weighted by molar-refractivity contribution is 5.51. The van der Waals surface area contributed by atoms with Gasteiger partial charge in [-0.1, -0.05) is 13.0 Å². The van der Waals surface area contributed by atoms with Gasteiger partial charge in [0.2, 0.25) is 0 Å². The highest BCUT2D eigenvalue weighted by Crippen LogP contribution is 2.39. The summed E-state index contributed by atoms with van der Waals surface area (Å²) in [5.74, 6) is 1.04. The van der Waals surface area contributed by atoms with Gasteiger partial charge in [-0.3, -0.25) is 0 Å². The molecule has 1 aliphatic heterocycles. The highest BCUT2D eigenvalue weighted by atomic mass is 16.5. The van der Waals surface area contributed by atoms with Crippen molar-refractivity contribution in [3.8, 4) is 5.75 Å². The van der Waals surface area contributed by atoms with Gasteiger partial charge in [0.25, 0.3) is 0 Å². The molecule has 0 saturated heterocycles. The van der Waals surface area contributed by atoms with E-state index in [1.807, 2.05) is 0 Å². The van der Waals surface area contributed by atoms with Crippen LogP contribution in [-0.2, 0) is 6.42 Å². The van der Waals surface area contributed by atoms with Crippen LogP contribution >= 0.6 is 0 Å².